The van der Waals surface area contributed by atoms with Gasteiger partial charge in [0, 0.05) is 43.8 Å². The number of carbonyl (C=O) groups is 4. The molecule has 0 aromatic heterocycles. The van der Waals surface area contributed by atoms with Gasteiger partial charge in [0.15, 0.2) is 0 Å². The zero-order valence-corrected chi connectivity index (χ0v) is 20.9. The van der Waals surface area contributed by atoms with Gasteiger partial charge in [-0.05, 0) is 47.2 Å². The molecule has 0 atom stereocenters. The summed E-state index contributed by atoms with van der Waals surface area (Å²) >= 11 is 0. The molecule has 6 aromatic carbocycles. The maximum absolute atomic E-state index is 13.9. The molecule has 0 unspecified atom stereocenters. The summed E-state index contributed by atoms with van der Waals surface area (Å²) in [6.07, 6.45) is 0. The minimum Gasteiger partial charge on any atom is -0.268 e. The lowest BCUT2D eigenvalue weighted by atomic mass is 9.85. The molecule has 0 radical (unpaired) electrons. The van der Waals surface area contributed by atoms with E-state index in [9.17, 15) is 19.2 Å². The smallest absolute Gasteiger partial charge is 0.266 e. The van der Waals surface area contributed by atoms with E-state index >= 15 is 0 Å². The van der Waals surface area contributed by atoms with Gasteiger partial charge >= 0.3 is 0 Å². The Balaban J connectivity index is 1.33. The molecular weight excluding hydrogens is 500 g/mol. The van der Waals surface area contributed by atoms with E-state index in [1.54, 1.807) is 36.4 Å². The van der Waals surface area contributed by atoms with E-state index < -0.39 is 23.6 Å². The average molecular weight is 519 g/mol. The fourth-order valence-electron chi connectivity index (χ4n) is 6.12. The monoisotopic (exact) mass is 518 g/mol. The molecule has 2 heterocycles. The lowest BCUT2D eigenvalue weighted by molar-refractivity contribution is 0.0873. The molecule has 0 fully saturated rings. The Kier molecular flexibility index (Phi) is 4.44. The van der Waals surface area contributed by atoms with Crippen LogP contribution in [-0.4, -0.2) is 23.6 Å². The van der Waals surface area contributed by atoms with Gasteiger partial charge in [-0.2, -0.15) is 0 Å². The number of benzene rings is 6. The summed E-state index contributed by atoms with van der Waals surface area (Å²) in [5.74, 6) is -1.97. The molecule has 0 aliphatic carbocycles. The van der Waals surface area contributed by atoms with Crippen LogP contribution in [0.1, 0.15) is 41.4 Å². The molecule has 6 aromatic rings. The van der Waals surface area contributed by atoms with Crippen molar-refractivity contribution in [3.63, 3.8) is 0 Å². The van der Waals surface area contributed by atoms with Gasteiger partial charge in [0.25, 0.3) is 23.6 Å². The number of nitrogens with zero attached hydrogens (tertiary/aromatic N) is 2. The highest BCUT2D eigenvalue weighted by atomic mass is 16.2. The molecule has 40 heavy (non-hydrogen) atoms. The number of imide groups is 2. The van der Waals surface area contributed by atoms with Crippen LogP contribution in [0.3, 0.4) is 0 Å². The molecule has 0 saturated heterocycles. The van der Waals surface area contributed by atoms with Crippen LogP contribution in [0, 0.1) is 0 Å². The van der Waals surface area contributed by atoms with Crippen LogP contribution in [0.25, 0.3) is 32.3 Å². The quantitative estimate of drug-likeness (QED) is 0.238. The van der Waals surface area contributed by atoms with Crippen molar-refractivity contribution in [2.45, 2.75) is 0 Å². The van der Waals surface area contributed by atoms with Crippen LogP contribution >= 0.6 is 0 Å². The SMILES string of the molecule is O=C1c2ccc3c4c(ccc(c24)C(=O)N1c1cccc2ccccc12)C(=O)N(c1cccc2ccccc12)C3=O. The van der Waals surface area contributed by atoms with Crippen LogP contribution in [0.2, 0.25) is 0 Å². The Morgan fingerprint density at radius 1 is 0.350 bits per heavy atom. The molecule has 0 N–H and O–H groups in total. The molecule has 2 aliphatic rings. The molecule has 6 heteroatoms. The molecule has 188 valence electrons. The summed E-state index contributed by atoms with van der Waals surface area (Å²) in [5.41, 5.74) is 2.09. The van der Waals surface area contributed by atoms with E-state index in [1.165, 1.54) is 9.80 Å². The van der Waals surface area contributed by atoms with Gasteiger partial charge in [0.1, 0.15) is 0 Å². The third-order valence-electron chi connectivity index (χ3n) is 7.91. The van der Waals surface area contributed by atoms with Gasteiger partial charge in [0.05, 0.1) is 11.4 Å². The summed E-state index contributed by atoms with van der Waals surface area (Å²) in [6.45, 7) is 0. The number of carbonyl (C=O) groups excluding carboxylic acids is 4. The van der Waals surface area contributed by atoms with Crippen LogP contribution in [-0.2, 0) is 0 Å². The molecule has 8 rings (SSSR count). The van der Waals surface area contributed by atoms with Crippen LogP contribution in [0.15, 0.2) is 109 Å². The van der Waals surface area contributed by atoms with E-state index in [1.807, 2.05) is 72.8 Å². The Morgan fingerprint density at radius 2 is 0.675 bits per heavy atom. The van der Waals surface area contributed by atoms with Gasteiger partial charge in [-0.1, -0.05) is 72.8 Å². The van der Waals surface area contributed by atoms with Crippen molar-refractivity contribution in [3.8, 4) is 0 Å². The zero-order chi connectivity index (χ0) is 27.1. The van der Waals surface area contributed by atoms with Gasteiger partial charge < -0.3 is 0 Å². The predicted molar refractivity (Wildman–Crippen MR) is 154 cm³/mol. The summed E-state index contributed by atoms with van der Waals surface area (Å²) in [7, 11) is 0. The molecule has 0 saturated carbocycles. The van der Waals surface area contributed by atoms with Crippen molar-refractivity contribution in [2.75, 3.05) is 9.80 Å². The van der Waals surface area contributed by atoms with Gasteiger partial charge in [-0.3, -0.25) is 19.2 Å². The fourth-order valence-corrected chi connectivity index (χ4v) is 6.12. The summed E-state index contributed by atoms with van der Waals surface area (Å²) in [5, 5.41) is 4.05. The third-order valence-corrected chi connectivity index (χ3v) is 7.91. The molecule has 2 aliphatic heterocycles. The second-order valence-electron chi connectivity index (χ2n) is 9.96. The lowest BCUT2D eigenvalue weighted by Crippen LogP contribution is -2.43. The Hall–Kier alpha value is -5.62. The summed E-state index contributed by atoms with van der Waals surface area (Å²) in [6, 6.07) is 32.5. The first kappa shape index (κ1) is 22.4. The van der Waals surface area contributed by atoms with Crippen LogP contribution in [0.5, 0.6) is 0 Å². The Labute approximate surface area is 227 Å². The second-order valence-corrected chi connectivity index (χ2v) is 9.96. The molecule has 4 amide bonds. The van der Waals surface area contributed by atoms with Crippen molar-refractivity contribution < 1.29 is 19.2 Å². The first-order chi connectivity index (χ1) is 19.5. The average Bonchev–Trinajstić information content (AvgIpc) is 2.99. The van der Waals surface area contributed by atoms with Crippen molar-refractivity contribution in [3.05, 3.63) is 131 Å². The van der Waals surface area contributed by atoms with Gasteiger partial charge in [0.2, 0.25) is 0 Å². The van der Waals surface area contributed by atoms with Gasteiger partial charge in [-0.15, -0.1) is 0 Å². The minimum atomic E-state index is -0.492. The van der Waals surface area contributed by atoms with Crippen molar-refractivity contribution in [1.82, 2.24) is 0 Å². The number of fused-ring (bicyclic) bond motifs is 2. The highest BCUT2D eigenvalue weighted by Crippen LogP contribution is 2.42. The van der Waals surface area contributed by atoms with Gasteiger partial charge in [-0.25, -0.2) is 9.80 Å². The van der Waals surface area contributed by atoms with Crippen LogP contribution in [0.4, 0.5) is 11.4 Å². The standard InChI is InChI=1S/C34H18N2O4/c37-31-23-15-17-25-30-26(34(40)36(33(25)39)28-14-6-10-20-8-2-4-12-22(20)28)18-16-24(29(23)30)32(38)35(31)27-13-5-9-19-7-1-3-11-21(19)27/h1-18H. The number of hydrogen-bond acceptors (Lipinski definition) is 4. The molecule has 0 spiro atoms. The van der Waals surface area contributed by atoms with E-state index in [0.29, 0.717) is 22.1 Å². The van der Waals surface area contributed by atoms with Crippen molar-refractivity contribution in [1.29, 1.82) is 0 Å². The van der Waals surface area contributed by atoms with E-state index in [-0.39, 0.29) is 22.3 Å². The molecular formula is C34H18N2O4. The molecule has 0 bridgehead atoms. The lowest BCUT2D eigenvalue weighted by Gasteiger charge is -2.32. The number of rotatable bonds is 2. The highest BCUT2D eigenvalue weighted by Gasteiger charge is 2.41. The fraction of sp³-hybridized carbons (Fsp3) is 0. The first-order valence-electron chi connectivity index (χ1n) is 12.9. The van der Waals surface area contributed by atoms with Crippen molar-refractivity contribution >= 4 is 67.3 Å². The number of anilines is 2. The van der Waals surface area contributed by atoms with Crippen molar-refractivity contribution in [2.24, 2.45) is 0 Å². The third kappa shape index (κ3) is 2.82. The maximum atomic E-state index is 13.9. The zero-order valence-electron chi connectivity index (χ0n) is 20.9. The number of hydrogen-bond donors (Lipinski definition) is 0. The highest BCUT2D eigenvalue weighted by molar-refractivity contribution is 6.43. The summed E-state index contributed by atoms with van der Waals surface area (Å²) < 4.78 is 0. The largest absolute Gasteiger partial charge is 0.268 e. The van der Waals surface area contributed by atoms with E-state index in [0.717, 1.165) is 21.5 Å². The predicted octanol–water partition coefficient (Wildman–Crippen LogP) is 6.75. The Morgan fingerprint density at radius 3 is 1.05 bits per heavy atom. The maximum Gasteiger partial charge on any atom is 0.266 e. The van der Waals surface area contributed by atoms with Crippen LogP contribution < -0.4 is 9.80 Å². The van der Waals surface area contributed by atoms with E-state index in [2.05, 4.69) is 0 Å². The topological polar surface area (TPSA) is 74.8 Å². The van der Waals surface area contributed by atoms with E-state index in [4.69, 9.17) is 0 Å². The molecule has 6 nitrogen and oxygen atoms in total. The first-order valence-corrected chi connectivity index (χ1v) is 12.9. The number of amides is 4. The Bertz CT molecular complexity index is 1930. The minimum absolute atomic E-state index is 0.280. The summed E-state index contributed by atoms with van der Waals surface area (Å²) in [4.78, 5) is 58.0. The normalized spacial score (nSPS) is 14.6. The second kappa shape index (κ2) is 7.94.